The van der Waals surface area contributed by atoms with Gasteiger partial charge >= 0.3 is 5.97 Å². The summed E-state index contributed by atoms with van der Waals surface area (Å²) in [5.74, 6) is 0.524. The SMILES string of the molecule is CCOc1cc(-c2cc(N(CC)c3cccc4cocc34)ncn2)ccc1OCC(=O)O. The fourth-order valence-corrected chi connectivity index (χ4v) is 3.51. The first-order chi connectivity index (χ1) is 15.6. The van der Waals surface area contributed by atoms with Crippen LogP contribution in [0.1, 0.15) is 13.8 Å². The van der Waals surface area contributed by atoms with Gasteiger partial charge in [-0.25, -0.2) is 14.8 Å². The van der Waals surface area contributed by atoms with E-state index in [1.807, 2.05) is 37.3 Å². The number of ether oxygens (including phenoxy) is 2. The zero-order valence-corrected chi connectivity index (χ0v) is 17.8. The average molecular weight is 433 g/mol. The Balaban J connectivity index is 1.70. The Morgan fingerprint density at radius 3 is 2.72 bits per heavy atom. The van der Waals surface area contributed by atoms with Crippen LogP contribution < -0.4 is 14.4 Å². The number of hydrogen-bond acceptors (Lipinski definition) is 7. The van der Waals surface area contributed by atoms with Crippen molar-refractivity contribution < 1.29 is 23.8 Å². The third-order valence-electron chi connectivity index (χ3n) is 4.92. The van der Waals surface area contributed by atoms with Gasteiger partial charge in [-0.1, -0.05) is 12.1 Å². The number of carbonyl (C=O) groups is 1. The molecule has 8 heteroatoms. The van der Waals surface area contributed by atoms with Crippen LogP contribution in [0.5, 0.6) is 11.5 Å². The molecule has 4 rings (SSSR count). The molecular weight excluding hydrogens is 410 g/mol. The van der Waals surface area contributed by atoms with Crippen LogP contribution in [0.25, 0.3) is 22.0 Å². The number of hydrogen-bond donors (Lipinski definition) is 1. The first-order valence-electron chi connectivity index (χ1n) is 10.3. The quantitative estimate of drug-likeness (QED) is 0.398. The van der Waals surface area contributed by atoms with Gasteiger partial charge in [0, 0.05) is 28.9 Å². The Bertz CT molecular complexity index is 1240. The molecule has 0 amide bonds. The molecule has 0 spiro atoms. The van der Waals surface area contributed by atoms with Gasteiger partial charge in [0.25, 0.3) is 0 Å². The Kier molecular flexibility index (Phi) is 6.21. The maximum Gasteiger partial charge on any atom is 0.341 e. The second-order valence-electron chi connectivity index (χ2n) is 6.93. The van der Waals surface area contributed by atoms with Gasteiger partial charge in [-0.15, -0.1) is 0 Å². The second kappa shape index (κ2) is 9.38. The van der Waals surface area contributed by atoms with Crippen molar-refractivity contribution in [2.75, 3.05) is 24.7 Å². The van der Waals surface area contributed by atoms with Crippen molar-refractivity contribution in [1.82, 2.24) is 9.97 Å². The molecule has 4 aromatic rings. The lowest BCUT2D eigenvalue weighted by molar-refractivity contribution is -0.139. The molecular formula is C24H23N3O5. The van der Waals surface area contributed by atoms with E-state index in [1.165, 1.54) is 6.33 Å². The van der Waals surface area contributed by atoms with E-state index in [0.29, 0.717) is 30.3 Å². The van der Waals surface area contributed by atoms with Gasteiger partial charge in [0.05, 0.1) is 24.3 Å². The van der Waals surface area contributed by atoms with Crippen molar-refractivity contribution in [2.24, 2.45) is 0 Å². The van der Waals surface area contributed by atoms with Crippen molar-refractivity contribution in [3.05, 3.63) is 61.3 Å². The highest BCUT2D eigenvalue weighted by atomic mass is 16.5. The van der Waals surface area contributed by atoms with E-state index in [2.05, 4.69) is 21.8 Å². The second-order valence-corrected chi connectivity index (χ2v) is 6.93. The van der Waals surface area contributed by atoms with E-state index in [4.69, 9.17) is 19.0 Å². The Morgan fingerprint density at radius 1 is 1.06 bits per heavy atom. The molecule has 0 aliphatic carbocycles. The van der Waals surface area contributed by atoms with Crippen LogP contribution in [-0.4, -0.2) is 40.8 Å². The molecule has 0 radical (unpaired) electrons. The summed E-state index contributed by atoms with van der Waals surface area (Å²) < 4.78 is 16.4. The molecule has 0 fully saturated rings. The Hall–Kier alpha value is -4.07. The van der Waals surface area contributed by atoms with Crippen LogP contribution in [0.4, 0.5) is 11.5 Å². The zero-order chi connectivity index (χ0) is 22.5. The Labute approximate surface area is 185 Å². The number of furan rings is 1. The van der Waals surface area contributed by atoms with Crippen molar-refractivity contribution in [1.29, 1.82) is 0 Å². The number of carboxylic acid groups (broad SMARTS) is 1. The molecule has 1 N–H and O–H groups in total. The summed E-state index contributed by atoms with van der Waals surface area (Å²) >= 11 is 0. The molecule has 2 aromatic carbocycles. The van der Waals surface area contributed by atoms with Crippen molar-refractivity contribution in [2.45, 2.75) is 13.8 Å². The highest BCUT2D eigenvalue weighted by Gasteiger charge is 2.16. The van der Waals surface area contributed by atoms with Crippen LogP contribution in [0.2, 0.25) is 0 Å². The topological polar surface area (TPSA) is 97.9 Å². The molecule has 32 heavy (non-hydrogen) atoms. The molecule has 0 aliphatic rings. The van der Waals surface area contributed by atoms with Crippen LogP contribution in [0, 0.1) is 0 Å². The molecule has 0 unspecified atom stereocenters. The molecule has 2 heterocycles. The normalized spacial score (nSPS) is 10.8. The fraction of sp³-hybridized carbons (Fsp3) is 0.208. The number of rotatable bonds is 9. The van der Waals surface area contributed by atoms with Crippen molar-refractivity contribution in [3.63, 3.8) is 0 Å². The standard InChI is InChI=1S/C24H23N3O5/c1-3-27(20-7-5-6-17-12-30-13-18(17)20)23-11-19(25-15-26-23)16-8-9-21(32-14-24(28)29)22(10-16)31-4-2/h5-13,15H,3-4,14H2,1-2H3,(H,28,29). The van der Waals surface area contributed by atoms with Gasteiger partial charge < -0.3 is 23.9 Å². The highest BCUT2D eigenvalue weighted by molar-refractivity contribution is 5.95. The van der Waals surface area contributed by atoms with Gasteiger partial charge in [-0.3, -0.25) is 0 Å². The van der Waals surface area contributed by atoms with Gasteiger partial charge in [0.1, 0.15) is 18.4 Å². The predicted octanol–water partition coefficient (Wildman–Crippen LogP) is 4.91. The maximum absolute atomic E-state index is 10.8. The van der Waals surface area contributed by atoms with E-state index >= 15 is 0 Å². The highest BCUT2D eigenvalue weighted by Crippen LogP contribution is 2.35. The number of aromatic nitrogens is 2. The fourth-order valence-electron chi connectivity index (χ4n) is 3.51. The summed E-state index contributed by atoms with van der Waals surface area (Å²) in [7, 11) is 0. The van der Waals surface area contributed by atoms with E-state index in [-0.39, 0.29) is 0 Å². The largest absolute Gasteiger partial charge is 0.490 e. The average Bonchev–Trinajstić information content (AvgIpc) is 3.29. The summed E-state index contributed by atoms with van der Waals surface area (Å²) in [6.07, 6.45) is 4.99. The van der Waals surface area contributed by atoms with E-state index < -0.39 is 12.6 Å². The molecule has 0 atom stereocenters. The third-order valence-corrected chi connectivity index (χ3v) is 4.92. The van der Waals surface area contributed by atoms with Crippen LogP contribution in [-0.2, 0) is 4.79 Å². The summed E-state index contributed by atoms with van der Waals surface area (Å²) in [5.41, 5.74) is 2.51. The van der Waals surface area contributed by atoms with Gasteiger partial charge in [-0.2, -0.15) is 0 Å². The number of nitrogens with zero attached hydrogens (tertiary/aromatic N) is 3. The number of benzene rings is 2. The smallest absolute Gasteiger partial charge is 0.341 e. The number of carboxylic acids is 1. The zero-order valence-electron chi connectivity index (χ0n) is 17.8. The lowest BCUT2D eigenvalue weighted by atomic mass is 10.1. The lowest BCUT2D eigenvalue weighted by Gasteiger charge is -2.23. The first kappa shape index (κ1) is 21.2. The molecule has 2 aromatic heterocycles. The molecule has 0 aliphatic heterocycles. The summed E-state index contributed by atoms with van der Waals surface area (Å²) in [6.45, 7) is 4.59. The van der Waals surface area contributed by atoms with Gasteiger partial charge in [0.15, 0.2) is 18.1 Å². The van der Waals surface area contributed by atoms with Crippen LogP contribution in [0.15, 0.2) is 65.7 Å². The van der Waals surface area contributed by atoms with E-state index in [0.717, 1.165) is 27.8 Å². The summed E-state index contributed by atoms with van der Waals surface area (Å²) in [5, 5.41) is 10.9. The number of fused-ring (bicyclic) bond motifs is 1. The molecule has 0 saturated carbocycles. The minimum atomic E-state index is -1.05. The minimum absolute atomic E-state index is 0.370. The molecule has 164 valence electrons. The van der Waals surface area contributed by atoms with E-state index in [9.17, 15) is 4.79 Å². The first-order valence-corrected chi connectivity index (χ1v) is 10.3. The van der Waals surface area contributed by atoms with Crippen molar-refractivity contribution in [3.8, 4) is 22.8 Å². The van der Waals surface area contributed by atoms with Crippen LogP contribution >= 0.6 is 0 Å². The maximum atomic E-state index is 10.8. The molecule has 0 saturated heterocycles. The minimum Gasteiger partial charge on any atom is -0.490 e. The van der Waals surface area contributed by atoms with E-state index in [1.54, 1.807) is 24.7 Å². The molecule has 0 bridgehead atoms. The van der Waals surface area contributed by atoms with Crippen LogP contribution in [0.3, 0.4) is 0 Å². The lowest BCUT2D eigenvalue weighted by Crippen LogP contribution is -2.17. The summed E-state index contributed by atoms with van der Waals surface area (Å²) in [6, 6.07) is 13.2. The van der Waals surface area contributed by atoms with Gasteiger partial charge in [-0.05, 0) is 38.1 Å². The summed E-state index contributed by atoms with van der Waals surface area (Å²) in [4.78, 5) is 21.9. The number of anilines is 2. The number of aliphatic carboxylic acids is 1. The van der Waals surface area contributed by atoms with Crippen molar-refractivity contribution >= 4 is 28.2 Å². The predicted molar refractivity (Wildman–Crippen MR) is 121 cm³/mol. The Morgan fingerprint density at radius 2 is 1.94 bits per heavy atom. The van der Waals surface area contributed by atoms with Gasteiger partial charge in [0.2, 0.25) is 0 Å². The monoisotopic (exact) mass is 433 g/mol. The molecule has 8 nitrogen and oxygen atoms in total. The third kappa shape index (κ3) is 4.34.